The Labute approximate surface area is 163 Å². The summed E-state index contributed by atoms with van der Waals surface area (Å²) in [5, 5.41) is 11.3. The van der Waals surface area contributed by atoms with E-state index in [-0.39, 0.29) is 30.8 Å². The maximum atomic E-state index is 12.5. The molecule has 0 saturated carbocycles. The molecule has 0 unspecified atom stereocenters. The maximum absolute atomic E-state index is 12.5. The number of piperidine rings is 1. The van der Waals surface area contributed by atoms with E-state index in [1.54, 1.807) is 4.90 Å². The highest BCUT2D eigenvalue weighted by Gasteiger charge is 2.33. The third-order valence-electron chi connectivity index (χ3n) is 6.01. The van der Waals surface area contributed by atoms with E-state index < -0.39 is 6.03 Å². The van der Waals surface area contributed by atoms with Gasteiger partial charge in [0.15, 0.2) is 0 Å². The molecule has 0 spiro atoms. The van der Waals surface area contributed by atoms with E-state index in [9.17, 15) is 14.4 Å². The first kappa shape index (κ1) is 18.9. The molecular formula is C18H27N7O3. The molecule has 0 bridgehead atoms. The first-order chi connectivity index (χ1) is 13.5. The van der Waals surface area contributed by atoms with Crippen LogP contribution in [0.3, 0.4) is 0 Å². The van der Waals surface area contributed by atoms with Crippen molar-refractivity contribution in [3.63, 3.8) is 0 Å². The van der Waals surface area contributed by atoms with Crippen LogP contribution in [0.2, 0.25) is 0 Å². The van der Waals surface area contributed by atoms with E-state index in [0.29, 0.717) is 13.1 Å². The average Bonchev–Trinajstić information content (AvgIpc) is 3.41. The molecule has 4 heterocycles. The molecule has 1 aromatic rings. The van der Waals surface area contributed by atoms with Crippen LogP contribution in [0.5, 0.6) is 0 Å². The molecule has 152 valence electrons. The van der Waals surface area contributed by atoms with Gasteiger partial charge < -0.3 is 14.8 Å². The fourth-order valence-corrected chi connectivity index (χ4v) is 4.25. The van der Waals surface area contributed by atoms with Crippen LogP contribution >= 0.6 is 0 Å². The van der Waals surface area contributed by atoms with Crippen molar-refractivity contribution < 1.29 is 14.4 Å². The van der Waals surface area contributed by atoms with Crippen molar-refractivity contribution in [3.8, 4) is 0 Å². The minimum Gasteiger partial charge on any atom is -0.341 e. The number of aromatic nitrogens is 3. The SMILES string of the molecule is Cn1c(CN2CCCC2)nnc1C1CCN(C(=O)CN2C(=O)CNC2=O)CC1. The van der Waals surface area contributed by atoms with Gasteiger partial charge in [0.05, 0.1) is 13.1 Å². The van der Waals surface area contributed by atoms with E-state index in [1.165, 1.54) is 12.8 Å². The summed E-state index contributed by atoms with van der Waals surface area (Å²) in [7, 11) is 2.02. The standard InChI is InChI=1S/C18H27N7O3/c1-22-14(11-23-6-2-3-7-23)20-21-17(22)13-4-8-24(9-5-13)16(27)12-25-15(26)10-19-18(25)28/h13H,2-12H2,1H3,(H,19,28). The number of likely N-dealkylation sites (tertiary alicyclic amines) is 2. The van der Waals surface area contributed by atoms with Crippen molar-refractivity contribution in [3.05, 3.63) is 11.6 Å². The molecule has 1 aromatic heterocycles. The van der Waals surface area contributed by atoms with Crippen LogP contribution in [0.25, 0.3) is 0 Å². The maximum Gasteiger partial charge on any atom is 0.325 e. The molecule has 3 fully saturated rings. The lowest BCUT2D eigenvalue weighted by molar-refractivity contribution is -0.137. The predicted molar refractivity (Wildman–Crippen MR) is 99.2 cm³/mol. The molecule has 3 aliphatic heterocycles. The number of carbonyl (C=O) groups excluding carboxylic acids is 3. The molecule has 0 aromatic carbocycles. The molecule has 10 heteroatoms. The van der Waals surface area contributed by atoms with Gasteiger partial charge in [0.1, 0.15) is 18.2 Å². The van der Waals surface area contributed by atoms with Crippen LogP contribution < -0.4 is 5.32 Å². The summed E-state index contributed by atoms with van der Waals surface area (Å²) in [4.78, 5) is 40.9. The zero-order valence-electron chi connectivity index (χ0n) is 16.3. The number of nitrogens with zero attached hydrogens (tertiary/aromatic N) is 6. The molecule has 28 heavy (non-hydrogen) atoms. The zero-order chi connectivity index (χ0) is 19.7. The lowest BCUT2D eigenvalue weighted by atomic mass is 9.96. The first-order valence-corrected chi connectivity index (χ1v) is 9.99. The van der Waals surface area contributed by atoms with E-state index in [1.807, 2.05) is 7.05 Å². The third kappa shape index (κ3) is 3.73. The van der Waals surface area contributed by atoms with E-state index in [2.05, 4.69) is 25.0 Å². The molecule has 3 aliphatic rings. The summed E-state index contributed by atoms with van der Waals surface area (Å²) in [6.07, 6.45) is 4.12. The number of urea groups is 1. The Kier molecular flexibility index (Phi) is 5.29. The molecule has 4 amide bonds. The Bertz CT molecular complexity index is 747. The summed E-state index contributed by atoms with van der Waals surface area (Å²) in [6, 6.07) is -0.488. The highest BCUT2D eigenvalue weighted by Crippen LogP contribution is 2.27. The molecule has 10 nitrogen and oxygen atoms in total. The fourth-order valence-electron chi connectivity index (χ4n) is 4.25. The number of nitrogens with one attached hydrogen (secondary N) is 1. The van der Waals surface area contributed by atoms with Gasteiger partial charge in [-0.25, -0.2) is 4.79 Å². The van der Waals surface area contributed by atoms with Crippen LogP contribution in [-0.4, -0.2) is 86.6 Å². The second kappa shape index (κ2) is 7.86. The molecule has 1 N–H and O–H groups in total. The van der Waals surface area contributed by atoms with Gasteiger partial charge in [-0.2, -0.15) is 0 Å². The Morgan fingerprint density at radius 1 is 1.11 bits per heavy atom. The summed E-state index contributed by atoms with van der Waals surface area (Å²) < 4.78 is 2.10. The van der Waals surface area contributed by atoms with Crippen molar-refractivity contribution in [1.82, 2.24) is 34.8 Å². The van der Waals surface area contributed by atoms with E-state index in [0.717, 1.165) is 49.0 Å². The molecule has 0 atom stereocenters. The lowest BCUT2D eigenvalue weighted by Crippen LogP contribution is -2.45. The van der Waals surface area contributed by atoms with Gasteiger partial charge in [-0.05, 0) is 38.8 Å². The smallest absolute Gasteiger partial charge is 0.325 e. The van der Waals surface area contributed by atoms with Crippen LogP contribution in [0.1, 0.15) is 43.3 Å². The van der Waals surface area contributed by atoms with Crippen molar-refractivity contribution in [2.45, 2.75) is 38.1 Å². The molecule has 4 rings (SSSR count). The highest BCUT2D eigenvalue weighted by molar-refractivity contribution is 6.04. The summed E-state index contributed by atoms with van der Waals surface area (Å²) in [5.41, 5.74) is 0. The Morgan fingerprint density at radius 3 is 2.46 bits per heavy atom. The minimum atomic E-state index is -0.488. The second-order valence-electron chi connectivity index (χ2n) is 7.81. The third-order valence-corrected chi connectivity index (χ3v) is 6.01. The number of imide groups is 1. The van der Waals surface area contributed by atoms with Gasteiger partial charge in [0.25, 0.3) is 5.91 Å². The van der Waals surface area contributed by atoms with E-state index >= 15 is 0 Å². The molecule has 0 radical (unpaired) electrons. The van der Waals surface area contributed by atoms with Crippen molar-refractivity contribution in [2.24, 2.45) is 7.05 Å². The monoisotopic (exact) mass is 389 g/mol. The highest BCUT2D eigenvalue weighted by atomic mass is 16.2. The van der Waals surface area contributed by atoms with Gasteiger partial charge in [-0.1, -0.05) is 0 Å². The summed E-state index contributed by atoms with van der Waals surface area (Å²) in [5.74, 6) is 1.71. The van der Waals surface area contributed by atoms with Crippen molar-refractivity contribution in [1.29, 1.82) is 0 Å². The normalized spacial score (nSPS) is 21.6. The quantitative estimate of drug-likeness (QED) is 0.692. The topological polar surface area (TPSA) is 104 Å². The van der Waals surface area contributed by atoms with Gasteiger partial charge in [-0.15, -0.1) is 10.2 Å². The molecule has 3 saturated heterocycles. The Balaban J connectivity index is 1.31. The summed E-state index contributed by atoms with van der Waals surface area (Å²) >= 11 is 0. The van der Waals surface area contributed by atoms with Gasteiger partial charge >= 0.3 is 6.03 Å². The van der Waals surface area contributed by atoms with E-state index in [4.69, 9.17) is 0 Å². The van der Waals surface area contributed by atoms with Gasteiger partial charge in [0.2, 0.25) is 5.91 Å². The number of amides is 4. The van der Waals surface area contributed by atoms with Gasteiger partial charge in [0, 0.05) is 26.1 Å². The van der Waals surface area contributed by atoms with Crippen molar-refractivity contribution in [2.75, 3.05) is 39.3 Å². The zero-order valence-corrected chi connectivity index (χ0v) is 16.3. The minimum absolute atomic E-state index is 0.0277. The second-order valence-corrected chi connectivity index (χ2v) is 7.81. The van der Waals surface area contributed by atoms with Crippen LogP contribution in [0.15, 0.2) is 0 Å². The Hall–Kier alpha value is -2.49. The largest absolute Gasteiger partial charge is 0.341 e. The van der Waals surface area contributed by atoms with Crippen molar-refractivity contribution >= 4 is 17.8 Å². The Morgan fingerprint density at radius 2 is 1.82 bits per heavy atom. The van der Waals surface area contributed by atoms with Gasteiger partial charge in [-0.3, -0.25) is 19.4 Å². The van der Waals surface area contributed by atoms with Crippen LogP contribution in [-0.2, 0) is 23.2 Å². The first-order valence-electron chi connectivity index (χ1n) is 9.99. The molecular weight excluding hydrogens is 362 g/mol. The average molecular weight is 389 g/mol. The fraction of sp³-hybridized carbons (Fsp3) is 0.722. The van der Waals surface area contributed by atoms with Crippen LogP contribution in [0, 0.1) is 0 Å². The number of hydrogen-bond acceptors (Lipinski definition) is 6. The lowest BCUT2D eigenvalue weighted by Gasteiger charge is -2.32. The summed E-state index contributed by atoms with van der Waals surface area (Å²) in [6.45, 7) is 4.08. The van der Waals surface area contributed by atoms with Crippen LogP contribution in [0.4, 0.5) is 4.79 Å². The number of rotatable bonds is 5. The predicted octanol–water partition coefficient (Wildman–Crippen LogP) is -0.331. The number of hydrogen-bond donors (Lipinski definition) is 1. The molecule has 0 aliphatic carbocycles. The number of carbonyl (C=O) groups is 3.